The number of amides is 1. The van der Waals surface area contributed by atoms with Crippen LogP contribution in [0.15, 0.2) is 76.1 Å². The molecule has 1 amide bonds. The quantitative estimate of drug-likeness (QED) is 0.495. The minimum Gasteiger partial charge on any atom is -0.460 e. The number of hydrogen-bond donors (Lipinski definition) is 1. The van der Waals surface area contributed by atoms with Gasteiger partial charge in [0.15, 0.2) is 0 Å². The molecule has 0 bridgehead atoms. The van der Waals surface area contributed by atoms with Crippen LogP contribution in [0.1, 0.15) is 17.1 Å². The van der Waals surface area contributed by atoms with Gasteiger partial charge < -0.3 is 14.2 Å². The molecule has 0 atom stereocenters. The fraction of sp³-hybridized carbons (Fsp3) is 0.240. The molecule has 1 fully saturated rings. The van der Waals surface area contributed by atoms with Gasteiger partial charge >= 0.3 is 0 Å². The molecule has 0 spiro atoms. The summed E-state index contributed by atoms with van der Waals surface area (Å²) in [7, 11) is -3.62. The van der Waals surface area contributed by atoms with Gasteiger partial charge in [-0.25, -0.2) is 13.1 Å². The molecule has 34 heavy (non-hydrogen) atoms. The summed E-state index contributed by atoms with van der Waals surface area (Å²) in [5.74, 6) is 0.845. The second kappa shape index (κ2) is 10.5. The maximum atomic E-state index is 12.6. The van der Waals surface area contributed by atoms with Crippen molar-refractivity contribution in [2.45, 2.75) is 18.4 Å². The van der Waals surface area contributed by atoms with E-state index in [2.05, 4.69) is 16.5 Å². The van der Waals surface area contributed by atoms with Gasteiger partial charge in [-0.2, -0.15) is 0 Å². The number of anilines is 1. The van der Waals surface area contributed by atoms with Crippen molar-refractivity contribution >= 4 is 39.3 Å². The van der Waals surface area contributed by atoms with E-state index in [-0.39, 0.29) is 17.3 Å². The van der Waals surface area contributed by atoms with Crippen LogP contribution >= 0.6 is 11.6 Å². The minimum absolute atomic E-state index is 0.0178. The molecule has 2 aromatic carbocycles. The van der Waals surface area contributed by atoms with Crippen LogP contribution in [0.25, 0.3) is 6.08 Å². The van der Waals surface area contributed by atoms with Crippen LogP contribution in [-0.4, -0.2) is 45.4 Å². The second-order valence-electron chi connectivity index (χ2n) is 8.02. The number of benzene rings is 2. The number of halogens is 1. The molecule has 7 nitrogen and oxygen atoms in total. The first-order valence-corrected chi connectivity index (χ1v) is 12.8. The Balaban J connectivity index is 1.29. The van der Waals surface area contributed by atoms with Gasteiger partial charge in [0, 0.05) is 43.0 Å². The number of sulfonamides is 1. The summed E-state index contributed by atoms with van der Waals surface area (Å²) in [6.45, 7) is 4.75. The summed E-state index contributed by atoms with van der Waals surface area (Å²) >= 11 is 6.14. The van der Waals surface area contributed by atoms with E-state index < -0.39 is 10.0 Å². The summed E-state index contributed by atoms with van der Waals surface area (Å²) in [6, 6.07) is 17.4. The molecule has 1 aliphatic rings. The normalized spacial score (nSPS) is 14.6. The lowest BCUT2D eigenvalue weighted by atomic mass is 10.1. The number of nitrogens with zero attached hydrogens (tertiary/aromatic N) is 2. The lowest BCUT2D eigenvalue weighted by Gasteiger charge is -2.36. The van der Waals surface area contributed by atoms with Crippen LogP contribution < -0.4 is 9.62 Å². The average Bonchev–Trinajstić information content (AvgIpc) is 3.31. The zero-order valence-electron chi connectivity index (χ0n) is 18.8. The highest BCUT2D eigenvalue weighted by molar-refractivity contribution is 7.89. The van der Waals surface area contributed by atoms with E-state index in [1.165, 1.54) is 18.2 Å². The van der Waals surface area contributed by atoms with Crippen molar-refractivity contribution < 1.29 is 17.6 Å². The third-order valence-electron chi connectivity index (χ3n) is 5.67. The van der Waals surface area contributed by atoms with E-state index in [1.54, 1.807) is 41.3 Å². The number of aryl methyl sites for hydroxylation is 1. The molecule has 0 unspecified atom stereocenters. The van der Waals surface area contributed by atoms with Crippen LogP contribution in [-0.2, 0) is 21.4 Å². The maximum absolute atomic E-state index is 12.6. The summed E-state index contributed by atoms with van der Waals surface area (Å²) in [6.07, 6.45) is 3.09. The standard InChI is InChI=1S/C25H26ClN3O4S/c1-19-7-8-20(26)17-24(19)28-13-15-29(16-14-28)25(30)12-11-21-9-10-22(33-21)18-27-34(31,32)23-5-3-2-4-6-23/h2-12,17,27H,13-16,18H2,1H3/b12-11+. The van der Waals surface area contributed by atoms with Crippen LogP contribution in [0, 0.1) is 6.92 Å². The van der Waals surface area contributed by atoms with Crippen molar-refractivity contribution in [1.82, 2.24) is 9.62 Å². The molecule has 1 aromatic heterocycles. The first-order chi connectivity index (χ1) is 16.3. The number of piperazine rings is 1. The Kier molecular flexibility index (Phi) is 7.41. The zero-order valence-corrected chi connectivity index (χ0v) is 20.3. The monoisotopic (exact) mass is 499 g/mol. The number of nitrogens with one attached hydrogen (secondary N) is 1. The molecule has 2 heterocycles. The largest absolute Gasteiger partial charge is 0.460 e. The van der Waals surface area contributed by atoms with Crippen LogP contribution in [0.3, 0.4) is 0 Å². The number of carbonyl (C=O) groups is 1. The summed E-state index contributed by atoms with van der Waals surface area (Å²) in [5.41, 5.74) is 2.25. The number of hydrogen-bond acceptors (Lipinski definition) is 5. The Bertz CT molecular complexity index is 1280. The van der Waals surface area contributed by atoms with Crippen molar-refractivity contribution in [3.05, 3.63) is 88.8 Å². The third-order valence-corrected chi connectivity index (χ3v) is 7.32. The molecular formula is C25H26ClN3O4S. The molecule has 9 heteroatoms. The summed E-state index contributed by atoms with van der Waals surface area (Å²) < 4.78 is 32.8. The van der Waals surface area contributed by atoms with Crippen molar-refractivity contribution in [2.24, 2.45) is 0 Å². The molecule has 3 aromatic rings. The highest BCUT2D eigenvalue weighted by Gasteiger charge is 2.21. The van der Waals surface area contributed by atoms with E-state index in [1.807, 2.05) is 18.2 Å². The Morgan fingerprint density at radius 3 is 2.53 bits per heavy atom. The first-order valence-electron chi connectivity index (χ1n) is 10.9. The Morgan fingerprint density at radius 2 is 1.79 bits per heavy atom. The van der Waals surface area contributed by atoms with Crippen LogP contribution in [0.2, 0.25) is 5.02 Å². The predicted molar refractivity (Wildman–Crippen MR) is 133 cm³/mol. The van der Waals surface area contributed by atoms with E-state index in [4.69, 9.17) is 16.0 Å². The van der Waals surface area contributed by atoms with Gasteiger partial charge in [0.1, 0.15) is 11.5 Å². The van der Waals surface area contributed by atoms with Crippen molar-refractivity contribution in [3.8, 4) is 0 Å². The number of rotatable bonds is 7. The van der Waals surface area contributed by atoms with Gasteiger partial charge in [-0.3, -0.25) is 4.79 Å². The Hall–Kier alpha value is -3.07. The van der Waals surface area contributed by atoms with E-state index in [9.17, 15) is 13.2 Å². The molecule has 178 valence electrons. The van der Waals surface area contributed by atoms with Crippen molar-refractivity contribution in [3.63, 3.8) is 0 Å². The fourth-order valence-corrected chi connectivity index (χ4v) is 4.96. The topological polar surface area (TPSA) is 82.9 Å². The van der Waals surface area contributed by atoms with E-state index in [0.29, 0.717) is 29.6 Å². The highest BCUT2D eigenvalue weighted by Crippen LogP contribution is 2.25. The summed E-state index contributed by atoms with van der Waals surface area (Å²) in [4.78, 5) is 16.9. The molecule has 4 rings (SSSR count). The molecule has 0 radical (unpaired) electrons. The van der Waals surface area contributed by atoms with Gasteiger partial charge in [-0.15, -0.1) is 0 Å². The first kappa shape index (κ1) is 24.1. The second-order valence-corrected chi connectivity index (χ2v) is 10.2. The SMILES string of the molecule is Cc1ccc(Cl)cc1N1CCN(C(=O)/C=C/c2ccc(CNS(=O)(=O)c3ccccc3)o2)CC1. The third kappa shape index (κ3) is 5.88. The average molecular weight is 500 g/mol. The Morgan fingerprint density at radius 1 is 1.06 bits per heavy atom. The lowest BCUT2D eigenvalue weighted by Crippen LogP contribution is -2.48. The molecule has 1 aliphatic heterocycles. The van der Waals surface area contributed by atoms with Gasteiger partial charge in [0.05, 0.1) is 11.4 Å². The molecule has 0 aliphatic carbocycles. The van der Waals surface area contributed by atoms with Crippen LogP contribution in [0.4, 0.5) is 5.69 Å². The smallest absolute Gasteiger partial charge is 0.246 e. The van der Waals surface area contributed by atoms with E-state index >= 15 is 0 Å². The minimum atomic E-state index is -3.62. The lowest BCUT2D eigenvalue weighted by molar-refractivity contribution is -0.126. The zero-order chi connectivity index (χ0) is 24.1. The molecular weight excluding hydrogens is 474 g/mol. The highest BCUT2D eigenvalue weighted by atomic mass is 35.5. The molecule has 0 saturated carbocycles. The van der Waals surface area contributed by atoms with Crippen molar-refractivity contribution in [1.29, 1.82) is 0 Å². The molecule has 1 saturated heterocycles. The van der Waals surface area contributed by atoms with E-state index in [0.717, 1.165) is 24.3 Å². The molecule has 1 N–H and O–H groups in total. The number of furan rings is 1. The van der Waals surface area contributed by atoms with Gasteiger partial charge in [0.2, 0.25) is 15.9 Å². The predicted octanol–water partition coefficient (Wildman–Crippen LogP) is 4.08. The van der Waals surface area contributed by atoms with Gasteiger partial charge in [0.25, 0.3) is 0 Å². The fourth-order valence-electron chi connectivity index (χ4n) is 3.78. The maximum Gasteiger partial charge on any atom is 0.246 e. The van der Waals surface area contributed by atoms with Gasteiger partial charge in [-0.1, -0.05) is 35.9 Å². The number of carbonyl (C=O) groups excluding carboxylic acids is 1. The van der Waals surface area contributed by atoms with Gasteiger partial charge in [-0.05, 0) is 55.0 Å². The van der Waals surface area contributed by atoms with Crippen molar-refractivity contribution in [2.75, 3.05) is 31.1 Å². The summed E-state index contributed by atoms with van der Waals surface area (Å²) in [5, 5.41) is 0.702. The van der Waals surface area contributed by atoms with Crippen LogP contribution in [0.5, 0.6) is 0 Å². The Labute approximate surface area is 204 Å².